The normalized spacial score (nSPS) is 17.5. The molecule has 1 saturated heterocycles. The van der Waals surface area contributed by atoms with Crippen LogP contribution in [0.25, 0.3) is 20.7 Å². The van der Waals surface area contributed by atoms with Gasteiger partial charge in [-0.25, -0.2) is 4.98 Å². The maximum absolute atomic E-state index is 12.2. The average molecular weight is 431 g/mol. The number of morpholine rings is 1. The van der Waals surface area contributed by atoms with Crippen molar-refractivity contribution < 1.29 is 14.3 Å². The van der Waals surface area contributed by atoms with E-state index in [9.17, 15) is 4.79 Å². The predicted molar refractivity (Wildman–Crippen MR) is 113 cm³/mol. The summed E-state index contributed by atoms with van der Waals surface area (Å²) in [6.45, 7) is 3.82. The van der Waals surface area contributed by atoms with Gasteiger partial charge in [0.2, 0.25) is 5.88 Å². The number of hydrogen-bond acceptors (Lipinski definition) is 8. The molecule has 0 radical (unpaired) electrons. The highest BCUT2D eigenvalue weighted by Gasteiger charge is 2.24. The van der Waals surface area contributed by atoms with E-state index in [1.807, 2.05) is 6.07 Å². The van der Waals surface area contributed by atoms with Gasteiger partial charge in [-0.3, -0.25) is 9.69 Å². The third-order valence-electron chi connectivity index (χ3n) is 4.98. The summed E-state index contributed by atoms with van der Waals surface area (Å²) in [7, 11) is 0. The number of rotatable bonds is 7. The van der Waals surface area contributed by atoms with Crippen LogP contribution in [0.1, 0.15) is 18.7 Å². The van der Waals surface area contributed by atoms with Gasteiger partial charge in [-0.2, -0.15) is 4.98 Å². The SMILES string of the molecule is O=C(COc1nc(CN2CCOCC2)nc2scc(-c3cccs3)c12)NC1CC1. The number of ether oxygens (including phenoxy) is 2. The summed E-state index contributed by atoms with van der Waals surface area (Å²) in [6.07, 6.45) is 2.11. The number of carbonyl (C=O) groups excluding carboxylic acids is 1. The summed E-state index contributed by atoms with van der Waals surface area (Å²) >= 11 is 3.26. The highest BCUT2D eigenvalue weighted by Crippen LogP contribution is 2.39. The quantitative estimate of drug-likeness (QED) is 0.621. The molecule has 152 valence electrons. The molecule has 5 rings (SSSR count). The van der Waals surface area contributed by atoms with Crippen molar-refractivity contribution >= 4 is 38.8 Å². The largest absolute Gasteiger partial charge is 0.467 e. The predicted octanol–water partition coefficient (Wildman–Crippen LogP) is 2.91. The third kappa shape index (κ3) is 4.42. The van der Waals surface area contributed by atoms with Gasteiger partial charge in [0.25, 0.3) is 5.91 Å². The molecule has 0 bridgehead atoms. The van der Waals surface area contributed by atoms with Crippen LogP contribution in [-0.4, -0.2) is 59.7 Å². The zero-order chi connectivity index (χ0) is 19.6. The van der Waals surface area contributed by atoms with E-state index in [4.69, 9.17) is 19.4 Å². The summed E-state index contributed by atoms with van der Waals surface area (Å²) in [5.41, 5.74) is 1.07. The van der Waals surface area contributed by atoms with Crippen LogP contribution < -0.4 is 10.1 Å². The Kier molecular flexibility index (Phi) is 5.45. The number of nitrogens with one attached hydrogen (secondary N) is 1. The molecule has 7 nitrogen and oxygen atoms in total. The minimum absolute atomic E-state index is 0.0284. The van der Waals surface area contributed by atoms with Gasteiger partial charge in [0.1, 0.15) is 10.7 Å². The van der Waals surface area contributed by atoms with Crippen LogP contribution in [0.4, 0.5) is 0 Å². The highest BCUT2D eigenvalue weighted by molar-refractivity contribution is 7.18. The van der Waals surface area contributed by atoms with Gasteiger partial charge in [-0.1, -0.05) is 6.07 Å². The van der Waals surface area contributed by atoms with E-state index in [1.54, 1.807) is 22.7 Å². The fourth-order valence-corrected chi connectivity index (χ4v) is 5.10. The Labute approximate surface area is 176 Å². The van der Waals surface area contributed by atoms with Crippen LogP contribution in [0.5, 0.6) is 5.88 Å². The second-order valence-corrected chi connectivity index (χ2v) is 9.08. The summed E-state index contributed by atoms with van der Waals surface area (Å²) in [5, 5.41) is 8.00. The summed E-state index contributed by atoms with van der Waals surface area (Å²) in [5.74, 6) is 1.12. The average Bonchev–Trinajstić information content (AvgIpc) is 3.20. The van der Waals surface area contributed by atoms with Crippen molar-refractivity contribution in [1.29, 1.82) is 0 Å². The molecule has 3 aromatic rings. The van der Waals surface area contributed by atoms with Crippen molar-refractivity contribution in [2.24, 2.45) is 0 Å². The Hall–Kier alpha value is -2.07. The lowest BCUT2D eigenvalue weighted by atomic mass is 10.2. The second-order valence-electron chi connectivity index (χ2n) is 7.27. The number of hydrogen-bond donors (Lipinski definition) is 1. The highest BCUT2D eigenvalue weighted by atomic mass is 32.1. The lowest BCUT2D eigenvalue weighted by Gasteiger charge is -2.25. The van der Waals surface area contributed by atoms with E-state index in [0.29, 0.717) is 18.5 Å². The molecule has 0 unspecified atom stereocenters. The molecule has 2 fully saturated rings. The number of thiophene rings is 2. The van der Waals surface area contributed by atoms with Gasteiger partial charge in [0.15, 0.2) is 6.61 Å². The maximum atomic E-state index is 12.2. The Morgan fingerprint density at radius 3 is 2.90 bits per heavy atom. The van der Waals surface area contributed by atoms with Crippen molar-refractivity contribution in [1.82, 2.24) is 20.2 Å². The fourth-order valence-electron chi connectivity index (χ4n) is 3.33. The Bertz CT molecular complexity index is 995. The van der Waals surface area contributed by atoms with Crippen molar-refractivity contribution in [2.45, 2.75) is 25.4 Å². The van der Waals surface area contributed by atoms with Crippen LogP contribution in [0.3, 0.4) is 0 Å². The number of aromatic nitrogens is 2. The number of nitrogens with zero attached hydrogens (tertiary/aromatic N) is 3. The van der Waals surface area contributed by atoms with Crippen molar-refractivity contribution in [2.75, 3.05) is 32.9 Å². The standard InChI is InChI=1S/C20H22N4O3S2/c25-17(21-13-3-4-13)11-27-19-18-14(15-2-1-9-28-15)12-29-20(18)23-16(22-19)10-24-5-7-26-8-6-24/h1-2,9,12-13H,3-8,10-11H2,(H,21,25). The lowest BCUT2D eigenvalue weighted by Crippen LogP contribution is -2.36. The van der Waals surface area contributed by atoms with E-state index in [2.05, 4.69) is 27.0 Å². The first kappa shape index (κ1) is 18.9. The van der Waals surface area contributed by atoms with E-state index >= 15 is 0 Å². The van der Waals surface area contributed by atoms with Crippen molar-refractivity contribution in [3.05, 3.63) is 28.7 Å². The van der Waals surface area contributed by atoms with Crippen LogP contribution in [0.2, 0.25) is 0 Å². The summed E-state index contributed by atoms with van der Waals surface area (Å²) < 4.78 is 11.4. The van der Waals surface area contributed by atoms with Gasteiger partial charge in [0.05, 0.1) is 25.1 Å². The topological polar surface area (TPSA) is 76.6 Å². The van der Waals surface area contributed by atoms with E-state index < -0.39 is 0 Å². The third-order valence-corrected chi connectivity index (χ3v) is 6.76. The zero-order valence-electron chi connectivity index (χ0n) is 15.9. The molecule has 1 aliphatic heterocycles. The van der Waals surface area contributed by atoms with Crippen LogP contribution in [0, 0.1) is 0 Å². The number of amides is 1. The molecule has 1 N–H and O–H groups in total. The van der Waals surface area contributed by atoms with Gasteiger partial charge < -0.3 is 14.8 Å². The minimum Gasteiger partial charge on any atom is -0.467 e. The molecule has 0 aromatic carbocycles. The molecule has 0 atom stereocenters. The van der Waals surface area contributed by atoms with Crippen LogP contribution in [0.15, 0.2) is 22.9 Å². The molecular formula is C20H22N4O3S2. The molecule has 4 heterocycles. The molecule has 0 spiro atoms. The van der Waals surface area contributed by atoms with Crippen LogP contribution >= 0.6 is 22.7 Å². The molecule has 9 heteroatoms. The van der Waals surface area contributed by atoms with Crippen LogP contribution in [-0.2, 0) is 16.1 Å². The first-order valence-electron chi connectivity index (χ1n) is 9.80. The zero-order valence-corrected chi connectivity index (χ0v) is 17.6. The molecule has 2 aliphatic rings. The van der Waals surface area contributed by atoms with Crippen molar-refractivity contribution in [3.63, 3.8) is 0 Å². The number of fused-ring (bicyclic) bond motifs is 1. The second kappa shape index (κ2) is 8.35. The smallest absolute Gasteiger partial charge is 0.258 e. The fraction of sp³-hybridized carbons (Fsp3) is 0.450. The Balaban J connectivity index is 1.45. The van der Waals surface area contributed by atoms with Gasteiger partial charge in [-0.15, -0.1) is 22.7 Å². The maximum Gasteiger partial charge on any atom is 0.258 e. The van der Waals surface area contributed by atoms with E-state index in [-0.39, 0.29) is 12.5 Å². The lowest BCUT2D eigenvalue weighted by molar-refractivity contribution is -0.123. The van der Waals surface area contributed by atoms with E-state index in [1.165, 1.54) is 0 Å². The Morgan fingerprint density at radius 2 is 2.14 bits per heavy atom. The molecule has 1 aliphatic carbocycles. The van der Waals surface area contributed by atoms with Gasteiger partial charge >= 0.3 is 0 Å². The molecule has 1 saturated carbocycles. The monoisotopic (exact) mass is 430 g/mol. The van der Waals surface area contributed by atoms with Gasteiger partial charge in [-0.05, 0) is 24.3 Å². The molecule has 1 amide bonds. The minimum atomic E-state index is -0.0955. The van der Waals surface area contributed by atoms with Gasteiger partial charge in [0, 0.05) is 35.0 Å². The summed E-state index contributed by atoms with van der Waals surface area (Å²) in [6, 6.07) is 4.43. The Morgan fingerprint density at radius 1 is 1.28 bits per heavy atom. The summed E-state index contributed by atoms with van der Waals surface area (Å²) in [4.78, 5) is 26.0. The number of carbonyl (C=O) groups is 1. The molecule has 29 heavy (non-hydrogen) atoms. The first-order valence-corrected chi connectivity index (χ1v) is 11.6. The van der Waals surface area contributed by atoms with E-state index in [0.717, 1.165) is 65.6 Å². The molecular weight excluding hydrogens is 408 g/mol. The first-order chi connectivity index (χ1) is 14.3. The molecule has 3 aromatic heterocycles. The van der Waals surface area contributed by atoms with Crippen molar-refractivity contribution in [3.8, 4) is 16.3 Å².